The van der Waals surface area contributed by atoms with E-state index in [9.17, 15) is 0 Å². The highest BCUT2D eigenvalue weighted by Gasteiger charge is 2.47. The van der Waals surface area contributed by atoms with Crippen molar-refractivity contribution in [2.24, 2.45) is 5.73 Å². The summed E-state index contributed by atoms with van der Waals surface area (Å²) in [5.74, 6) is 2.35. The Kier molecular flexibility index (Phi) is 9.63. The molecule has 3 fully saturated rings. The molecule has 40 heavy (non-hydrogen) atoms. The molecule has 3 N–H and O–H groups in total. The Morgan fingerprint density at radius 3 is 1.43 bits per heavy atom. The number of nitrogens with zero attached hydrogens (tertiary/aromatic N) is 5. The van der Waals surface area contributed by atoms with Crippen LogP contribution in [0.3, 0.4) is 0 Å². The van der Waals surface area contributed by atoms with Crippen molar-refractivity contribution in [3.05, 3.63) is 0 Å². The highest BCUT2D eigenvalue weighted by molar-refractivity contribution is 5.52. The molecule has 1 aliphatic carbocycles. The smallest absolute Gasteiger partial charge is 0.232 e. The molecule has 0 spiro atoms. The molecule has 2 aliphatic heterocycles. The van der Waals surface area contributed by atoms with E-state index in [1.807, 2.05) is 0 Å². The molecule has 0 aromatic carbocycles. The molecule has 0 bridgehead atoms. The van der Waals surface area contributed by atoms with Crippen LogP contribution in [-0.4, -0.2) is 49.2 Å². The number of anilines is 3. The van der Waals surface area contributed by atoms with Crippen molar-refractivity contribution in [2.45, 2.75) is 192 Å². The summed E-state index contributed by atoms with van der Waals surface area (Å²) in [6.07, 6.45) is 19.9. The second-order valence-electron chi connectivity index (χ2n) is 15.8. The first-order chi connectivity index (χ1) is 18.7. The monoisotopic (exact) mass is 555 g/mol. The fraction of sp³-hybridized carbons (Fsp3) is 0.909. The third-order valence-corrected chi connectivity index (χ3v) is 9.97. The van der Waals surface area contributed by atoms with Crippen LogP contribution in [0.25, 0.3) is 0 Å². The summed E-state index contributed by atoms with van der Waals surface area (Å²) in [5, 5.41) is 3.87. The summed E-state index contributed by atoms with van der Waals surface area (Å²) in [4.78, 5) is 20.7. The summed E-state index contributed by atoms with van der Waals surface area (Å²) < 4.78 is 0. The van der Waals surface area contributed by atoms with Gasteiger partial charge < -0.3 is 20.9 Å². The Bertz CT molecular complexity index is 924. The first-order valence-corrected chi connectivity index (χ1v) is 16.6. The lowest BCUT2D eigenvalue weighted by Crippen LogP contribution is -2.64. The zero-order chi connectivity index (χ0) is 29.2. The highest BCUT2D eigenvalue weighted by Crippen LogP contribution is 2.44. The topological polar surface area (TPSA) is 83.2 Å². The molecular weight excluding hydrogens is 494 g/mol. The number of hydrogen-bond acceptors (Lipinski definition) is 7. The number of hydrogen-bond donors (Lipinski definition) is 2. The SMILES string of the molecule is CC1(C)CCCC(C)(C)N1c1nc(NC2CCCCCCCCCCC2)nc(N2C(C)(C)CC(N)CC2(C)C)n1. The third kappa shape index (κ3) is 7.41. The number of nitrogens with two attached hydrogens (primary N) is 1. The Balaban J connectivity index is 1.74. The van der Waals surface area contributed by atoms with Gasteiger partial charge in [0, 0.05) is 34.2 Å². The van der Waals surface area contributed by atoms with Crippen molar-refractivity contribution in [3.8, 4) is 0 Å². The van der Waals surface area contributed by atoms with E-state index in [4.69, 9.17) is 20.7 Å². The maximum atomic E-state index is 6.57. The Morgan fingerprint density at radius 2 is 0.975 bits per heavy atom. The van der Waals surface area contributed by atoms with E-state index in [1.165, 1.54) is 77.0 Å². The first-order valence-electron chi connectivity index (χ1n) is 16.6. The van der Waals surface area contributed by atoms with Gasteiger partial charge >= 0.3 is 0 Å². The van der Waals surface area contributed by atoms with Gasteiger partial charge in [-0.2, -0.15) is 15.0 Å². The van der Waals surface area contributed by atoms with Gasteiger partial charge in [0.1, 0.15) is 0 Å². The second kappa shape index (κ2) is 12.3. The van der Waals surface area contributed by atoms with Crippen LogP contribution < -0.4 is 20.9 Å². The molecule has 0 atom stereocenters. The lowest BCUT2D eigenvalue weighted by atomic mass is 9.77. The van der Waals surface area contributed by atoms with Gasteiger partial charge in [0.2, 0.25) is 17.8 Å². The summed E-state index contributed by atoms with van der Waals surface area (Å²) in [7, 11) is 0. The molecule has 7 nitrogen and oxygen atoms in total. The normalized spacial score (nSPS) is 26.5. The van der Waals surface area contributed by atoms with Crippen LogP contribution in [0.5, 0.6) is 0 Å². The Morgan fingerprint density at radius 1 is 0.575 bits per heavy atom. The molecule has 2 saturated heterocycles. The van der Waals surface area contributed by atoms with Gasteiger partial charge in [-0.1, -0.05) is 57.8 Å². The number of piperidine rings is 2. The van der Waals surface area contributed by atoms with E-state index in [2.05, 4.69) is 70.5 Å². The molecule has 7 heteroatoms. The largest absolute Gasteiger partial charge is 0.351 e. The van der Waals surface area contributed by atoms with Gasteiger partial charge in [-0.3, -0.25) is 0 Å². The summed E-state index contributed by atoms with van der Waals surface area (Å²) in [5.41, 5.74) is 6.20. The molecule has 1 aromatic rings. The second-order valence-corrected chi connectivity index (χ2v) is 15.8. The van der Waals surface area contributed by atoms with E-state index < -0.39 is 0 Å². The fourth-order valence-electron chi connectivity index (χ4n) is 8.55. The predicted octanol–water partition coefficient (Wildman–Crippen LogP) is 7.99. The summed E-state index contributed by atoms with van der Waals surface area (Å²) in [6, 6.07) is 0.581. The molecule has 0 unspecified atom stereocenters. The first kappa shape index (κ1) is 31.3. The average molecular weight is 556 g/mol. The van der Waals surface area contributed by atoms with Gasteiger partial charge in [0.15, 0.2) is 0 Å². The molecule has 0 amide bonds. The maximum absolute atomic E-state index is 6.57. The molecule has 4 rings (SSSR count). The lowest BCUT2D eigenvalue weighted by Gasteiger charge is -2.55. The molecular formula is C33H61N7. The number of nitrogens with one attached hydrogen (secondary N) is 1. The minimum Gasteiger partial charge on any atom is -0.351 e. The molecule has 1 aromatic heterocycles. The average Bonchev–Trinajstić information content (AvgIpc) is 2.77. The van der Waals surface area contributed by atoms with E-state index >= 15 is 0 Å². The fourth-order valence-corrected chi connectivity index (χ4v) is 8.55. The molecule has 3 aliphatic rings. The van der Waals surface area contributed by atoms with Crippen molar-refractivity contribution in [1.82, 2.24) is 15.0 Å². The molecule has 3 heterocycles. The number of aromatic nitrogens is 3. The summed E-state index contributed by atoms with van der Waals surface area (Å²) in [6.45, 7) is 18.6. The van der Waals surface area contributed by atoms with Gasteiger partial charge in [-0.15, -0.1) is 0 Å². The summed E-state index contributed by atoms with van der Waals surface area (Å²) >= 11 is 0. The van der Waals surface area contributed by atoms with Crippen molar-refractivity contribution >= 4 is 17.8 Å². The van der Waals surface area contributed by atoms with Gasteiger partial charge in [-0.05, 0) is 100 Å². The van der Waals surface area contributed by atoms with E-state index in [0.717, 1.165) is 43.5 Å². The Hall–Kier alpha value is -1.63. The zero-order valence-electron chi connectivity index (χ0n) is 27.3. The van der Waals surface area contributed by atoms with E-state index in [-0.39, 0.29) is 28.2 Å². The quantitative estimate of drug-likeness (QED) is 0.389. The molecule has 228 valence electrons. The van der Waals surface area contributed by atoms with Crippen molar-refractivity contribution in [1.29, 1.82) is 0 Å². The predicted molar refractivity (Wildman–Crippen MR) is 170 cm³/mol. The maximum Gasteiger partial charge on any atom is 0.232 e. The van der Waals surface area contributed by atoms with Crippen LogP contribution in [-0.2, 0) is 0 Å². The highest BCUT2D eigenvalue weighted by atomic mass is 15.4. The minimum atomic E-state index is -0.156. The number of rotatable bonds is 4. The van der Waals surface area contributed by atoms with Crippen molar-refractivity contribution in [3.63, 3.8) is 0 Å². The lowest BCUT2D eigenvalue weighted by molar-refractivity contribution is 0.215. The van der Waals surface area contributed by atoms with Crippen LogP contribution in [0.15, 0.2) is 0 Å². The Labute approximate surface area is 245 Å². The molecule has 1 saturated carbocycles. The van der Waals surface area contributed by atoms with Crippen molar-refractivity contribution in [2.75, 3.05) is 15.1 Å². The third-order valence-electron chi connectivity index (χ3n) is 9.97. The van der Waals surface area contributed by atoms with Gasteiger partial charge in [-0.25, -0.2) is 0 Å². The van der Waals surface area contributed by atoms with Gasteiger partial charge in [0.05, 0.1) is 0 Å². The van der Waals surface area contributed by atoms with Crippen LogP contribution in [0, 0.1) is 0 Å². The zero-order valence-corrected chi connectivity index (χ0v) is 27.3. The van der Waals surface area contributed by atoms with Crippen LogP contribution in [0.2, 0.25) is 0 Å². The van der Waals surface area contributed by atoms with Crippen LogP contribution >= 0.6 is 0 Å². The standard InChI is InChI=1S/C33H61N7/c1-30(2)21-18-22-31(3,4)39(30)28-36-27(35-26-19-16-14-12-10-9-11-13-15-17-20-26)37-29(38-28)40-32(5,6)23-25(34)24-33(40,7)8/h25-26H,9-24,34H2,1-8H3,(H,35,36,37,38). The molecule has 0 radical (unpaired) electrons. The minimum absolute atomic E-state index is 0.0277. The van der Waals surface area contributed by atoms with Gasteiger partial charge in [0.25, 0.3) is 0 Å². The van der Waals surface area contributed by atoms with E-state index in [0.29, 0.717) is 6.04 Å². The van der Waals surface area contributed by atoms with Crippen molar-refractivity contribution < 1.29 is 0 Å². The van der Waals surface area contributed by atoms with Crippen LogP contribution in [0.1, 0.15) is 158 Å². The van der Waals surface area contributed by atoms with E-state index in [1.54, 1.807) is 0 Å². The van der Waals surface area contributed by atoms with Crippen LogP contribution in [0.4, 0.5) is 17.8 Å².